The molecule has 0 saturated carbocycles. The van der Waals surface area contributed by atoms with Gasteiger partial charge >= 0.3 is 17.6 Å². The summed E-state index contributed by atoms with van der Waals surface area (Å²) >= 11 is 0. The molecule has 1 heterocycles. The molecule has 6 nitrogen and oxygen atoms in total. The predicted molar refractivity (Wildman–Crippen MR) is 114 cm³/mol. The molecule has 6 heteroatoms. The van der Waals surface area contributed by atoms with E-state index in [-0.39, 0.29) is 23.5 Å². The Kier molecular flexibility index (Phi) is 6.47. The molecule has 0 N–H and O–H groups in total. The molecule has 30 heavy (non-hydrogen) atoms. The quantitative estimate of drug-likeness (QED) is 0.255. The summed E-state index contributed by atoms with van der Waals surface area (Å²) < 4.78 is 15.3. The number of ether oxygens (including phenoxy) is 2. The molecule has 0 bridgehead atoms. The first kappa shape index (κ1) is 21.0. The minimum atomic E-state index is -0.811. The lowest BCUT2D eigenvalue weighted by Crippen LogP contribution is -2.16. The average molecular weight is 406 g/mol. The van der Waals surface area contributed by atoms with Crippen molar-refractivity contribution in [3.8, 4) is 5.75 Å². The molecule has 0 spiro atoms. The molecule has 0 fully saturated rings. The fraction of sp³-hybridized carbons (Fsp3) is 0.208. The second-order valence-electron chi connectivity index (χ2n) is 6.94. The van der Waals surface area contributed by atoms with E-state index in [9.17, 15) is 14.4 Å². The Labute approximate surface area is 173 Å². The number of fused-ring (bicyclic) bond motifs is 1. The maximum Gasteiger partial charge on any atom is 0.351 e. The molecule has 3 rings (SSSR count). The van der Waals surface area contributed by atoms with Crippen LogP contribution in [0.25, 0.3) is 17.0 Å². The Bertz CT molecular complexity index is 1150. The fourth-order valence-electron chi connectivity index (χ4n) is 2.81. The highest BCUT2D eigenvalue weighted by molar-refractivity contribution is 5.93. The zero-order valence-electron chi connectivity index (χ0n) is 17.0. The van der Waals surface area contributed by atoms with E-state index in [4.69, 9.17) is 13.9 Å². The molecule has 0 radical (unpaired) electrons. The van der Waals surface area contributed by atoms with Crippen molar-refractivity contribution in [1.29, 1.82) is 0 Å². The zero-order chi connectivity index (χ0) is 21.7. The number of benzene rings is 2. The Morgan fingerprint density at radius 1 is 1.07 bits per heavy atom. The summed E-state index contributed by atoms with van der Waals surface area (Å²) in [6, 6.07) is 13.9. The van der Waals surface area contributed by atoms with E-state index in [1.165, 1.54) is 23.8 Å². The van der Waals surface area contributed by atoms with Crippen LogP contribution in [-0.2, 0) is 9.53 Å². The van der Waals surface area contributed by atoms with Crippen LogP contribution in [0.4, 0.5) is 0 Å². The van der Waals surface area contributed by atoms with Gasteiger partial charge in [0.2, 0.25) is 0 Å². The minimum absolute atomic E-state index is 0.153. The third-order valence-corrected chi connectivity index (χ3v) is 4.44. The second-order valence-corrected chi connectivity index (χ2v) is 6.94. The smallest absolute Gasteiger partial charge is 0.351 e. The molecule has 0 aliphatic carbocycles. The Morgan fingerprint density at radius 2 is 1.80 bits per heavy atom. The number of esters is 2. The first-order chi connectivity index (χ1) is 14.4. The molecule has 2 aromatic carbocycles. The van der Waals surface area contributed by atoms with Crippen molar-refractivity contribution < 1.29 is 23.5 Å². The second kappa shape index (κ2) is 9.22. The Balaban J connectivity index is 1.73. The van der Waals surface area contributed by atoms with E-state index in [1.807, 2.05) is 24.3 Å². The van der Waals surface area contributed by atoms with Gasteiger partial charge in [-0.3, -0.25) is 0 Å². The van der Waals surface area contributed by atoms with Crippen LogP contribution >= 0.6 is 0 Å². The first-order valence-corrected chi connectivity index (χ1v) is 9.62. The van der Waals surface area contributed by atoms with E-state index < -0.39 is 17.6 Å². The van der Waals surface area contributed by atoms with Crippen molar-refractivity contribution in [3.63, 3.8) is 0 Å². The standard InChI is InChI=1S/C24H22O6/c1-4-28-23(26)20-13-18-10-11-19(14-21(18)30-24(20)27)29-22(25)12-7-16-5-8-17(9-6-16)15(2)3/h5-15H,4H2,1-3H3/b12-7+. The lowest BCUT2D eigenvalue weighted by atomic mass is 10.0. The zero-order valence-corrected chi connectivity index (χ0v) is 17.0. The molecule has 154 valence electrons. The van der Waals surface area contributed by atoms with Gasteiger partial charge < -0.3 is 13.9 Å². The summed E-state index contributed by atoms with van der Waals surface area (Å²) in [6.07, 6.45) is 2.99. The monoisotopic (exact) mass is 406 g/mol. The molecule has 0 amide bonds. The first-order valence-electron chi connectivity index (χ1n) is 9.62. The van der Waals surface area contributed by atoms with Gasteiger partial charge in [-0.1, -0.05) is 38.1 Å². The maximum atomic E-state index is 12.1. The summed E-state index contributed by atoms with van der Waals surface area (Å²) in [5.41, 5.74) is 1.31. The minimum Gasteiger partial charge on any atom is -0.462 e. The van der Waals surface area contributed by atoms with Crippen molar-refractivity contribution in [1.82, 2.24) is 0 Å². The van der Waals surface area contributed by atoms with Crippen LogP contribution in [0.1, 0.15) is 48.2 Å². The van der Waals surface area contributed by atoms with Gasteiger partial charge in [-0.2, -0.15) is 0 Å². The van der Waals surface area contributed by atoms with Crippen LogP contribution in [-0.4, -0.2) is 18.5 Å². The third kappa shape index (κ3) is 5.03. The maximum absolute atomic E-state index is 12.1. The Hall–Kier alpha value is -3.67. The van der Waals surface area contributed by atoms with Gasteiger partial charge in [-0.15, -0.1) is 0 Å². The fourth-order valence-corrected chi connectivity index (χ4v) is 2.81. The van der Waals surface area contributed by atoms with E-state index in [1.54, 1.807) is 25.1 Å². The van der Waals surface area contributed by atoms with E-state index in [2.05, 4.69) is 13.8 Å². The number of hydrogen-bond acceptors (Lipinski definition) is 6. The average Bonchev–Trinajstić information content (AvgIpc) is 2.72. The molecule has 0 atom stereocenters. The van der Waals surface area contributed by atoms with Crippen molar-refractivity contribution in [3.05, 3.63) is 81.7 Å². The largest absolute Gasteiger partial charge is 0.462 e. The van der Waals surface area contributed by atoms with Gasteiger partial charge in [0.05, 0.1) is 6.61 Å². The highest BCUT2D eigenvalue weighted by atomic mass is 16.5. The van der Waals surface area contributed by atoms with Crippen LogP contribution in [0, 0.1) is 0 Å². The molecule has 0 saturated heterocycles. The highest BCUT2D eigenvalue weighted by Gasteiger charge is 2.15. The van der Waals surface area contributed by atoms with Crippen LogP contribution in [0.2, 0.25) is 0 Å². The lowest BCUT2D eigenvalue weighted by Gasteiger charge is -2.05. The molecule has 1 aromatic heterocycles. The highest BCUT2D eigenvalue weighted by Crippen LogP contribution is 2.21. The molecular weight excluding hydrogens is 384 g/mol. The van der Waals surface area contributed by atoms with Gasteiger partial charge in [0.15, 0.2) is 0 Å². The molecule has 0 aliphatic rings. The SMILES string of the molecule is CCOC(=O)c1cc2ccc(OC(=O)/C=C/c3ccc(C(C)C)cc3)cc2oc1=O. The number of rotatable bonds is 6. The lowest BCUT2D eigenvalue weighted by molar-refractivity contribution is -0.128. The molecule has 0 unspecified atom stereocenters. The van der Waals surface area contributed by atoms with Gasteiger partial charge in [0.1, 0.15) is 16.9 Å². The summed E-state index contributed by atoms with van der Waals surface area (Å²) in [4.78, 5) is 35.9. The summed E-state index contributed by atoms with van der Waals surface area (Å²) in [5, 5.41) is 0.512. The van der Waals surface area contributed by atoms with Crippen molar-refractivity contribution in [2.75, 3.05) is 6.61 Å². The van der Waals surface area contributed by atoms with Crippen molar-refractivity contribution in [2.24, 2.45) is 0 Å². The normalized spacial score (nSPS) is 11.2. The van der Waals surface area contributed by atoms with E-state index in [0.29, 0.717) is 11.3 Å². The molecular formula is C24H22O6. The topological polar surface area (TPSA) is 82.8 Å². The van der Waals surface area contributed by atoms with Crippen LogP contribution in [0.15, 0.2) is 63.8 Å². The number of hydrogen-bond donors (Lipinski definition) is 0. The Morgan fingerprint density at radius 3 is 2.47 bits per heavy atom. The summed E-state index contributed by atoms with van der Waals surface area (Å²) in [7, 11) is 0. The summed E-state index contributed by atoms with van der Waals surface area (Å²) in [5.74, 6) is -0.642. The van der Waals surface area contributed by atoms with Gasteiger partial charge in [0.25, 0.3) is 0 Å². The van der Waals surface area contributed by atoms with E-state index >= 15 is 0 Å². The molecule has 3 aromatic rings. The van der Waals surface area contributed by atoms with Gasteiger partial charge in [0, 0.05) is 17.5 Å². The summed E-state index contributed by atoms with van der Waals surface area (Å²) in [6.45, 7) is 6.04. The number of carbonyl (C=O) groups excluding carboxylic acids is 2. The van der Waals surface area contributed by atoms with Gasteiger partial charge in [-0.05, 0) is 48.2 Å². The number of carbonyl (C=O) groups is 2. The van der Waals surface area contributed by atoms with Crippen molar-refractivity contribution >= 4 is 29.0 Å². The predicted octanol–water partition coefficient (Wildman–Crippen LogP) is 4.71. The van der Waals surface area contributed by atoms with E-state index in [0.717, 1.165) is 5.56 Å². The van der Waals surface area contributed by atoms with Crippen LogP contribution < -0.4 is 10.4 Å². The molecule has 0 aliphatic heterocycles. The van der Waals surface area contributed by atoms with Crippen molar-refractivity contribution in [2.45, 2.75) is 26.7 Å². The third-order valence-electron chi connectivity index (χ3n) is 4.44. The van der Waals surface area contributed by atoms with Crippen LogP contribution in [0.5, 0.6) is 5.75 Å². The van der Waals surface area contributed by atoms with Crippen LogP contribution in [0.3, 0.4) is 0 Å². The van der Waals surface area contributed by atoms with Gasteiger partial charge in [-0.25, -0.2) is 14.4 Å².